The van der Waals surface area contributed by atoms with Gasteiger partial charge in [-0.05, 0) is 30.2 Å². The second-order valence-corrected chi connectivity index (χ2v) is 8.55. The third-order valence-electron chi connectivity index (χ3n) is 5.71. The van der Waals surface area contributed by atoms with Crippen LogP contribution in [0, 0.1) is 5.82 Å². The van der Waals surface area contributed by atoms with E-state index in [1.807, 2.05) is 12.1 Å². The molecule has 32 heavy (non-hydrogen) atoms. The molecule has 0 unspecified atom stereocenters. The first-order valence-electron chi connectivity index (χ1n) is 12.1. The SMILES string of the molecule is CCCCCCCCCCCCNC(=O)c1ccc(CN(O)Cc2ccccc2F)cc1. The normalized spacial score (nSPS) is 11.1. The lowest BCUT2D eigenvalue weighted by Gasteiger charge is -2.15. The highest BCUT2D eigenvalue weighted by molar-refractivity contribution is 5.94. The number of carbonyl (C=O) groups excluding carboxylic acids is 1. The highest BCUT2D eigenvalue weighted by atomic mass is 19.1. The summed E-state index contributed by atoms with van der Waals surface area (Å²) in [5, 5.41) is 14.2. The van der Waals surface area contributed by atoms with Gasteiger partial charge in [0.2, 0.25) is 0 Å². The van der Waals surface area contributed by atoms with Crippen molar-refractivity contribution in [3.8, 4) is 0 Å². The maximum atomic E-state index is 13.7. The molecule has 2 aromatic carbocycles. The van der Waals surface area contributed by atoms with Crippen molar-refractivity contribution in [2.24, 2.45) is 0 Å². The Morgan fingerprint density at radius 2 is 1.44 bits per heavy atom. The molecule has 176 valence electrons. The van der Waals surface area contributed by atoms with Crippen LogP contribution >= 0.6 is 0 Å². The van der Waals surface area contributed by atoms with Crippen LogP contribution in [0.2, 0.25) is 0 Å². The number of carbonyl (C=O) groups is 1. The van der Waals surface area contributed by atoms with E-state index in [2.05, 4.69) is 12.2 Å². The summed E-state index contributed by atoms with van der Waals surface area (Å²) in [6.45, 7) is 3.31. The van der Waals surface area contributed by atoms with E-state index >= 15 is 0 Å². The fourth-order valence-corrected chi connectivity index (χ4v) is 3.77. The van der Waals surface area contributed by atoms with Crippen molar-refractivity contribution in [1.82, 2.24) is 10.4 Å². The Balaban J connectivity index is 1.59. The van der Waals surface area contributed by atoms with Gasteiger partial charge >= 0.3 is 0 Å². The Labute approximate surface area is 192 Å². The molecule has 0 saturated heterocycles. The summed E-state index contributed by atoms with van der Waals surface area (Å²) < 4.78 is 13.7. The zero-order valence-electron chi connectivity index (χ0n) is 19.5. The van der Waals surface area contributed by atoms with Gasteiger partial charge in [0.05, 0.1) is 6.54 Å². The van der Waals surface area contributed by atoms with E-state index in [1.165, 1.54) is 57.4 Å². The number of benzene rings is 2. The molecule has 1 amide bonds. The zero-order chi connectivity index (χ0) is 23.0. The average molecular weight is 443 g/mol. The molecule has 0 aliphatic carbocycles. The number of halogens is 1. The fourth-order valence-electron chi connectivity index (χ4n) is 3.77. The molecule has 0 radical (unpaired) electrons. The highest BCUT2D eigenvalue weighted by Gasteiger charge is 2.09. The Hall–Kier alpha value is -2.24. The monoisotopic (exact) mass is 442 g/mol. The van der Waals surface area contributed by atoms with Gasteiger partial charge in [-0.3, -0.25) is 4.79 Å². The maximum Gasteiger partial charge on any atom is 0.251 e. The summed E-state index contributed by atoms with van der Waals surface area (Å²) in [4.78, 5) is 12.3. The van der Waals surface area contributed by atoms with Crippen LogP contribution in [0.5, 0.6) is 0 Å². The smallest absolute Gasteiger partial charge is 0.251 e. The Bertz CT molecular complexity index is 779. The molecule has 5 heteroatoms. The number of nitrogens with one attached hydrogen (secondary N) is 1. The molecule has 0 atom stereocenters. The van der Waals surface area contributed by atoms with Crippen LogP contribution in [-0.4, -0.2) is 22.7 Å². The van der Waals surface area contributed by atoms with Crippen LogP contribution in [0.15, 0.2) is 48.5 Å². The van der Waals surface area contributed by atoms with E-state index in [-0.39, 0.29) is 24.8 Å². The van der Waals surface area contributed by atoms with E-state index in [0.29, 0.717) is 17.7 Å². The first-order chi connectivity index (χ1) is 15.6. The number of hydroxylamine groups is 2. The molecule has 0 aliphatic rings. The predicted octanol–water partition coefficient (Wildman–Crippen LogP) is 6.87. The zero-order valence-corrected chi connectivity index (χ0v) is 19.5. The molecule has 0 heterocycles. The van der Waals surface area contributed by atoms with Gasteiger partial charge in [-0.2, -0.15) is 5.06 Å². The lowest BCUT2D eigenvalue weighted by Crippen LogP contribution is -2.24. The molecule has 4 nitrogen and oxygen atoms in total. The Kier molecular flexibility index (Phi) is 12.6. The first kappa shape index (κ1) is 26.0. The highest BCUT2D eigenvalue weighted by Crippen LogP contribution is 2.13. The fraction of sp³-hybridized carbons (Fsp3) is 0.519. The minimum absolute atomic E-state index is 0.0697. The van der Waals surface area contributed by atoms with Crippen molar-refractivity contribution in [3.05, 3.63) is 71.0 Å². The summed E-state index contributed by atoms with van der Waals surface area (Å²) in [5.74, 6) is -0.402. The Morgan fingerprint density at radius 1 is 0.844 bits per heavy atom. The van der Waals surface area contributed by atoms with Crippen molar-refractivity contribution < 1.29 is 14.4 Å². The number of nitrogens with zero attached hydrogens (tertiary/aromatic N) is 1. The molecule has 2 rings (SSSR count). The van der Waals surface area contributed by atoms with Crippen molar-refractivity contribution in [1.29, 1.82) is 0 Å². The maximum absolute atomic E-state index is 13.7. The second-order valence-electron chi connectivity index (χ2n) is 8.55. The summed E-state index contributed by atoms with van der Waals surface area (Å²) in [5.41, 5.74) is 1.91. The molecule has 0 aromatic heterocycles. The molecule has 2 N–H and O–H groups in total. The molecular weight excluding hydrogens is 403 g/mol. The number of amides is 1. The van der Waals surface area contributed by atoms with Gasteiger partial charge in [-0.1, -0.05) is 95.0 Å². The van der Waals surface area contributed by atoms with Gasteiger partial charge in [0.1, 0.15) is 5.82 Å². The average Bonchev–Trinajstić information content (AvgIpc) is 2.79. The molecule has 0 fully saturated rings. The van der Waals surface area contributed by atoms with E-state index in [0.717, 1.165) is 23.5 Å². The lowest BCUT2D eigenvalue weighted by molar-refractivity contribution is -0.108. The standard InChI is InChI=1S/C27H39FN2O2/c1-2-3-4-5-6-7-8-9-10-13-20-29-27(31)24-18-16-23(17-19-24)21-30(32)22-25-14-11-12-15-26(25)28/h11-12,14-19,32H,2-10,13,20-22H2,1H3,(H,29,31). The third-order valence-corrected chi connectivity index (χ3v) is 5.71. The number of hydrogen-bond donors (Lipinski definition) is 2. The summed E-state index contributed by atoms with van der Waals surface area (Å²) >= 11 is 0. The van der Waals surface area contributed by atoms with E-state index in [1.54, 1.807) is 30.3 Å². The van der Waals surface area contributed by atoms with Crippen LogP contribution in [0.1, 0.15) is 92.6 Å². The number of rotatable bonds is 16. The minimum Gasteiger partial charge on any atom is -0.352 e. The van der Waals surface area contributed by atoms with E-state index < -0.39 is 0 Å². The minimum atomic E-state index is -0.332. The van der Waals surface area contributed by atoms with E-state index in [4.69, 9.17) is 0 Å². The lowest BCUT2D eigenvalue weighted by atomic mass is 10.1. The summed E-state index contributed by atoms with van der Waals surface area (Å²) in [6, 6.07) is 13.6. The van der Waals surface area contributed by atoms with Gasteiger partial charge < -0.3 is 10.5 Å². The van der Waals surface area contributed by atoms with Crippen LogP contribution in [0.4, 0.5) is 4.39 Å². The van der Waals surface area contributed by atoms with Crippen molar-refractivity contribution in [2.75, 3.05) is 6.54 Å². The summed E-state index contributed by atoms with van der Waals surface area (Å²) in [6.07, 6.45) is 12.8. The van der Waals surface area contributed by atoms with Gasteiger partial charge in [0.25, 0.3) is 5.91 Å². The van der Waals surface area contributed by atoms with Crippen molar-refractivity contribution >= 4 is 5.91 Å². The molecular formula is C27H39FN2O2. The second kappa shape index (κ2) is 15.5. The molecule has 0 saturated carbocycles. The van der Waals surface area contributed by atoms with E-state index in [9.17, 15) is 14.4 Å². The van der Waals surface area contributed by atoms with Gasteiger partial charge in [-0.25, -0.2) is 4.39 Å². The van der Waals surface area contributed by atoms with Crippen molar-refractivity contribution in [3.63, 3.8) is 0 Å². The molecule has 0 aliphatic heterocycles. The first-order valence-corrected chi connectivity index (χ1v) is 12.1. The molecule has 2 aromatic rings. The topological polar surface area (TPSA) is 52.6 Å². The molecule has 0 spiro atoms. The number of unbranched alkanes of at least 4 members (excludes halogenated alkanes) is 9. The predicted molar refractivity (Wildman–Crippen MR) is 128 cm³/mol. The van der Waals surface area contributed by atoms with Gasteiger partial charge in [0.15, 0.2) is 0 Å². The van der Waals surface area contributed by atoms with Crippen LogP contribution in [-0.2, 0) is 13.1 Å². The van der Waals surface area contributed by atoms with Gasteiger partial charge in [0, 0.05) is 24.2 Å². The third kappa shape index (κ3) is 10.4. The largest absolute Gasteiger partial charge is 0.352 e. The van der Waals surface area contributed by atoms with Crippen LogP contribution in [0.25, 0.3) is 0 Å². The van der Waals surface area contributed by atoms with Crippen molar-refractivity contribution in [2.45, 2.75) is 84.2 Å². The quantitative estimate of drug-likeness (QED) is 0.220. The van der Waals surface area contributed by atoms with Gasteiger partial charge in [-0.15, -0.1) is 0 Å². The Morgan fingerprint density at radius 3 is 2.06 bits per heavy atom. The van der Waals surface area contributed by atoms with Crippen LogP contribution < -0.4 is 5.32 Å². The number of hydrogen-bond acceptors (Lipinski definition) is 3. The van der Waals surface area contributed by atoms with Crippen LogP contribution in [0.3, 0.4) is 0 Å². The summed E-state index contributed by atoms with van der Waals surface area (Å²) in [7, 11) is 0. The molecule has 0 bridgehead atoms.